The molecule has 0 bridgehead atoms. The van der Waals surface area contributed by atoms with Crippen LogP contribution in [-0.2, 0) is 9.59 Å². The average Bonchev–Trinajstić information content (AvgIpc) is 2.78. The number of ether oxygens (including phenoxy) is 1. The summed E-state index contributed by atoms with van der Waals surface area (Å²) in [6.07, 6.45) is 0. The molecule has 3 rings (SSSR count). The fourth-order valence-electron chi connectivity index (χ4n) is 2.51. The summed E-state index contributed by atoms with van der Waals surface area (Å²) in [4.78, 5) is 35.1. The fraction of sp³-hybridized carbons (Fsp3) is 0.0909. The van der Waals surface area contributed by atoms with Gasteiger partial charge in [-0.1, -0.05) is 18.2 Å². The molecule has 158 valence electrons. The smallest absolute Gasteiger partial charge is 0.269 e. The quantitative estimate of drug-likeness (QED) is 0.293. The predicted octanol–water partition coefficient (Wildman–Crippen LogP) is 4.34. The average molecular weight is 437 g/mol. The van der Waals surface area contributed by atoms with Gasteiger partial charge in [-0.15, -0.1) is 11.8 Å². The summed E-state index contributed by atoms with van der Waals surface area (Å²) in [5.41, 5.74) is 1.08. The molecule has 0 aromatic heterocycles. The molecule has 3 aromatic rings. The maximum Gasteiger partial charge on any atom is 0.269 e. The number of carbonyl (C=O) groups is 2. The molecule has 0 spiro atoms. The van der Waals surface area contributed by atoms with Crippen molar-refractivity contribution in [1.29, 1.82) is 0 Å². The van der Waals surface area contributed by atoms with E-state index in [1.54, 1.807) is 36.4 Å². The Morgan fingerprint density at radius 3 is 2.03 bits per heavy atom. The van der Waals surface area contributed by atoms with Crippen LogP contribution in [0.2, 0.25) is 0 Å². The number of non-ortho nitro benzene ring substituents is 1. The molecule has 2 N–H and O–H groups in total. The number of rotatable bonds is 9. The number of carbonyl (C=O) groups excluding carboxylic acids is 2. The minimum absolute atomic E-state index is 0.0359. The Hall–Kier alpha value is -3.85. The van der Waals surface area contributed by atoms with Gasteiger partial charge < -0.3 is 15.4 Å². The summed E-state index contributed by atoms with van der Waals surface area (Å²) >= 11 is 1.33. The molecule has 0 saturated heterocycles. The molecule has 0 aliphatic heterocycles. The van der Waals surface area contributed by atoms with Gasteiger partial charge in [0.25, 0.3) is 11.6 Å². The highest BCUT2D eigenvalue weighted by molar-refractivity contribution is 8.00. The Kier molecular flexibility index (Phi) is 7.61. The first-order chi connectivity index (χ1) is 15.0. The van der Waals surface area contributed by atoms with Gasteiger partial charge in [0, 0.05) is 28.4 Å². The molecule has 8 nitrogen and oxygen atoms in total. The molecular formula is C22H19N3O5S. The number of nitrogens with zero attached hydrogens (tertiary/aromatic N) is 1. The van der Waals surface area contributed by atoms with Crippen molar-refractivity contribution >= 4 is 40.6 Å². The van der Waals surface area contributed by atoms with Crippen LogP contribution in [0.5, 0.6) is 5.75 Å². The Bertz CT molecular complexity index is 1040. The minimum Gasteiger partial charge on any atom is -0.484 e. The van der Waals surface area contributed by atoms with Crippen molar-refractivity contribution in [3.63, 3.8) is 0 Å². The Labute approximate surface area is 182 Å². The minimum atomic E-state index is -0.496. The van der Waals surface area contributed by atoms with Gasteiger partial charge in [-0.25, -0.2) is 0 Å². The van der Waals surface area contributed by atoms with Gasteiger partial charge in [-0.3, -0.25) is 19.7 Å². The number of para-hydroxylation sites is 1. The van der Waals surface area contributed by atoms with Crippen LogP contribution < -0.4 is 15.4 Å². The lowest BCUT2D eigenvalue weighted by Gasteiger charge is -2.08. The van der Waals surface area contributed by atoms with Crippen LogP contribution >= 0.6 is 11.8 Å². The van der Waals surface area contributed by atoms with Crippen molar-refractivity contribution in [2.45, 2.75) is 4.90 Å². The molecule has 0 saturated carbocycles. The summed E-state index contributed by atoms with van der Waals surface area (Å²) in [5.74, 6) is 0.297. The lowest BCUT2D eigenvalue weighted by molar-refractivity contribution is -0.384. The molecule has 0 unspecified atom stereocenters. The zero-order valence-electron chi connectivity index (χ0n) is 16.3. The lowest BCUT2D eigenvalue weighted by atomic mass is 10.3. The van der Waals surface area contributed by atoms with E-state index in [-0.39, 0.29) is 29.9 Å². The zero-order valence-corrected chi connectivity index (χ0v) is 17.1. The first kappa shape index (κ1) is 21.8. The highest BCUT2D eigenvalue weighted by Gasteiger charge is 2.08. The number of hydrogen-bond acceptors (Lipinski definition) is 6. The van der Waals surface area contributed by atoms with E-state index in [0.717, 1.165) is 4.90 Å². The molecule has 0 radical (unpaired) electrons. The second-order valence-corrected chi connectivity index (χ2v) is 7.36. The fourth-order valence-corrected chi connectivity index (χ4v) is 3.21. The Morgan fingerprint density at radius 2 is 1.42 bits per heavy atom. The normalized spacial score (nSPS) is 10.2. The van der Waals surface area contributed by atoms with Gasteiger partial charge in [0.2, 0.25) is 5.91 Å². The number of nitro benzene ring substituents is 1. The number of anilines is 2. The van der Waals surface area contributed by atoms with Gasteiger partial charge >= 0.3 is 0 Å². The van der Waals surface area contributed by atoms with Crippen molar-refractivity contribution in [1.82, 2.24) is 0 Å². The molecule has 0 aliphatic rings. The Morgan fingerprint density at radius 1 is 0.839 bits per heavy atom. The SMILES string of the molecule is O=C(COc1ccccc1)Nc1ccc(SCC(=O)Nc2ccc([N+](=O)[O-])cc2)cc1. The van der Waals surface area contributed by atoms with Crippen molar-refractivity contribution in [2.75, 3.05) is 23.0 Å². The van der Waals surface area contributed by atoms with Crippen molar-refractivity contribution in [3.8, 4) is 5.75 Å². The number of benzene rings is 3. The third-order valence-electron chi connectivity index (χ3n) is 3.98. The summed E-state index contributed by atoms with van der Waals surface area (Å²) in [7, 11) is 0. The maximum absolute atomic E-state index is 12.1. The van der Waals surface area contributed by atoms with Crippen LogP contribution in [0.25, 0.3) is 0 Å². The highest BCUT2D eigenvalue weighted by atomic mass is 32.2. The van der Waals surface area contributed by atoms with E-state index in [1.807, 2.05) is 18.2 Å². The van der Waals surface area contributed by atoms with Gasteiger partial charge in [0.1, 0.15) is 5.75 Å². The Balaban J connectivity index is 1.41. The van der Waals surface area contributed by atoms with E-state index < -0.39 is 4.92 Å². The van der Waals surface area contributed by atoms with Crippen molar-refractivity contribution in [2.24, 2.45) is 0 Å². The second-order valence-electron chi connectivity index (χ2n) is 6.32. The number of nitro groups is 1. The van der Waals surface area contributed by atoms with Crippen LogP contribution in [0.1, 0.15) is 0 Å². The molecule has 31 heavy (non-hydrogen) atoms. The largest absolute Gasteiger partial charge is 0.484 e. The standard InChI is InChI=1S/C22H19N3O5S/c26-21(14-30-19-4-2-1-3-5-19)23-17-8-12-20(13-9-17)31-15-22(27)24-16-6-10-18(11-7-16)25(28)29/h1-13H,14-15H2,(H,23,26)(H,24,27). The summed E-state index contributed by atoms with van der Waals surface area (Å²) in [6, 6.07) is 21.8. The zero-order chi connectivity index (χ0) is 22.1. The van der Waals surface area contributed by atoms with E-state index in [0.29, 0.717) is 17.1 Å². The predicted molar refractivity (Wildman–Crippen MR) is 119 cm³/mol. The number of nitrogens with one attached hydrogen (secondary N) is 2. The molecule has 9 heteroatoms. The lowest BCUT2D eigenvalue weighted by Crippen LogP contribution is -2.20. The molecule has 0 aliphatic carbocycles. The van der Waals surface area contributed by atoms with E-state index >= 15 is 0 Å². The van der Waals surface area contributed by atoms with Crippen LogP contribution in [0, 0.1) is 10.1 Å². The van der Waals surface area contributed by atoms with Gasteiger partial charge in [0.05, 0.1) is 10.7 Å². The van der Waals surface area contributed by atoms with Gasteiger partial charge in [-0.2, -0.15) is 0 Å². The van der Waals surface area contributed by atoms with Crippen LogP contribution in [0.4, 0.5) is 17.1 Å². The highest BCUT2D eigenvalue weighted by Crippen LogP contribution is 2.21. The number of thioether (sulfide) groups is 1. The van der Waals surface area contributed by atoms with Crippen molar-refractivity contribution in [3.05, 3.63) is 89.0 Å². The van der Waals surface area contributed by atoms with Crippen LogP contribution in [-0.4, -0.2) is 29.1 Å². The monoisotopic (exact) mass is 437 g/mol. The molecule has 0 heterocycles. The molecule has 3 aromatic carbocycles. The molecule has 2 amide bonds. The van der Waals surface area contributed by atoms with Crippen LogP contribution in [0.15, 0.2) is 83.8 Å². The van der Waals surface area contributed by atoms with Gasteiger partial charge in [-0.05, 0) is 48.5 Å². The molecule has 0 fully saturated rings. The number of hydrogen-bond donors (Lipinski definition) is 2. The first-order valence-corrected chi connectivity index (χ1v) is 10.2. The van der Waals surface area contributed by atoms with Gasteiger partial charge in [0.15, 0.2) is 6.61 Å². The van der Waals surface area contributed by atoms with E-state index in [2.05, 4.69) is 10.6 Å². The summed E-state index contributed by atoms with van der Waals surface area (Å²) in [6.45, 7) is -0.0939. The third kappa shape index (κ3) is 7.16. The third-order valence-corrected chi connectivity index (χ3v) is 5.00. The second kappa shape index (κ2) is 10.8. The molecular weight excluding hydrogens is 418 g/mol. The maximum atomic E-state index is 12.1. The van der Waals surface area contributed by atoms with E-state index in [4.69, 9.17) is 4.74 Å². The molecule has 0 atom stereocenters. The summed E-state index contributed by atoms with van der Waals surface area (Å²) in [5, 5.41) is 16.1. The topological polar surface area (TPSA) is 111 Å². The van der Waals surface area contributed by atoms with E-state index in [9.17, 15) is 19.7 Å². The van der Waals surface area contributed by atoms with Crippen LogP contribution in [0.3, 0.4) is 0 Å². The summed E-state index contributed by atoms with van der Waals surface area (Å²) < 4.78 is 5.40. The number of amides is 2. The van der Waals surface area contributed by atoms with Crippen molar-refractivity contribution < 1.29 is 19.2 Å². The van der Waals surface area contributed by atoms with E-state index in [1.165, 1.54) is 36.0 Å². The first-order valence-electron chi connectivity index (χ1n) is 9.24.